The highest BCUT2D eigenvalue weighted by atomic mass is 32.2. The number of thioether (sulfide) groups is 1. The molecule has 0 spiro atoms. The van der Waals surface area contributed by atoms with Gasteiger partial charge in [0.2, 0.25) is 5.91 Å². The molecule has 104 valence electrons. The number of rotatable bonds is 4. The lowest BCUT2D eigenvalue weighted by atomic mass is 9.98. The van der Waals surface area contributed by atoms with E-state index >= 15 is 0 Å². The van der Waals surface area contributed by atoms with Crippen molar-refractivity contribution in [3.63, 3.8) is 0 Å². The van der Waals surface area contributed by atoms with Crippen molar-refractivity contribution in [2.24, 2.45) is 5.92 Å². The minimum atomic E-state index is -0.403. The van der Waals surface area contributed by atoms with Crippen molar-refractivity contribution in [3.05, 3.63) is 16.3 Å². The second-order valence-corrected chi connectivity index (χ2v) is 6.60. The topological polar surface area (TPSA) is 55.4 Å². The fourth-order valence-corrected chi connectivity index (χ4v) is 4.04. The highest BCUT2D eigenvalue weighted by Crippen LogP contribution is 2.27. The Morgan fingerprint density at radius 3 is 2.84 bits per heavy atom. The fraction of sp³-hybridized carbons (Fsp3) is 0.538. The number of carbonyl (C=O) groups is 2. The van der Waals surface area contributed by atoms with E-state index in [1.54, 1.807) is 11.4 Å². The molecule has 19 heavy (non-hydrogen) atoms. The van der Waals surface area contributed by atoms with Gasteiger partial charge < -0.3 is 10.1 Å². The molecule has 4 nitrogen and oxygen atoms in total. The number of amides is 1. The average Bonchev–Trinajstić information content (AvgIpc) is 2.87. The van der Waals surface area contributed by atoms with Crippen molar-refractivity contribution in [3.8, 4) is 0 Å². The first-order valence-electron chi connectivity index (χ1n) is 6.24. The zero-order chi connectivity index (χ0) is 13.7. The molecule has 6 heteroatoms. The van der Waals surface area contributed by atoms with Gasteiger partial charge >= 0.3 is 5.97 Å². The monoisotopic (exact) mass is 299 g/mol. The summed E-state index contributed by atoms with van der Waals surface area (Å²) in [5, 5.41) is 4.59. The van der Waals surface area contributed by atoms with E-state index in [0.717, 1.165) is 24.3 Å². The van der Waals surface area contributed by atoms with Gasteiger partial charge in [0.1, 0.15) is 4.88 Å². The molecule has 1 amide bonds. The summed E-state index contributed by atoms with van der Waals surface area (Å²) in [5.41, 5.74) is 0.562. The largest absolute Gasteiger partial charge is 0.465 e. The third-order valence-electron chi connectivity index (χ3n) is 3.13. The van der Waals surface area contributed by atoms with E-state index in [-0.39, 0.29) is 5.91 Å². The first-order valence-corrected chi connectivity index (χ1v) is 8.27. The number of thiophene rings is 1. The number of hydrogen-bond donors (Lipinski definition) is 1. The van der Waals surface area contributed by atoms with Crippen LogP contribution in [0.25, 0.3) is 0 Å². The lowest BCUT2D eigenvalue weighted by Crippen LogP contribution is -2.20. The minimum absolute atomic E-state index is 0.0135. The van der Waals surface area contributed by atoms with Gasteiger partial charge in [-0.3, -0.25) is 4.79 Å². The predicted octanol–water partition coefficient (Wildman–Crippen LogP) is 3.01. The number of methoxy groups -OCH3 is 1. The van der Waals surface area contributed by atoms with E-state index < -0.39 is 5.97 Å². The molecule has 1 aromatic rings. The Labute approximate surface area is 120 Å². The number of esters is 1. The van der Waals surface area contributed by atoms with E-state index in [4.69, 9.17) is 0 Å². The number of hydrogen-bond acceptors (Lipinski definition) is 5. The van der Waals surface area contributed by atoms with Crippen LogP contribution in [0.5, 0.6) is 0 Å². The van der Waals surface area contributed by atoms with E-state index in [0.29, 0.717) is 22.9 Å². The maximum absolute atomic E-state index is 12.0. The summed E-state index contributed by atoms with van der Waals surface area (Å²) in [4.78, 5) is 23.9. The van der Waals surface area contributed by atoms with Gasteiger partial charge in [0.25, 0.3) is 0 Å². The molecular formula is C13H17NO3S2. The van der Waals surface area contributed by atoms with Gasteiger partial charge in [-0.1, -0.05) is 0 Å². The zero-order valence-electron chi connectivity index (χ0n) is 10.8. The van der Waals surface area contributed by atoms with E-state index in [1.807, 2.05) is 11.8 Å². The molecule has 0 aromatic carbocycles. The van der Waals surface area contributed by atoms with Crippen LogP contribution >= 0.6 is 23.1 Å². The van der Waals surface area contributed by atoms with Crippen LogP contribution in [0.4, 0.5) is 5.69 Å². The summed E-state index contributed by atoms with van der Waals surface area (Å²) in [6.07, 6.45) is 2.74. The molecular weight excluding hydrogens is 282 g/mol. The Balaban J connectivity index is 1.91. The van der Waals surface area contributed by atoms with Gasteiger partial charge in [-0.15, -0.1) is 11.3 Å². The first kappa shape index (κ1) is 14.4. The third-order valence-corrected chi connectivity index (χ3v) is 5.07. The van der Waals surface area contributed by atoms with Gasteiger partial charge in [0, 0.05) is 6.42 Å². The Kier molecular flexibility index (Phi) is 5.27. The molecule has 1 N–H and O–H groups in total. The average molecular weight is 299 g/mol. The molecule has 1 aliphatic heterocycles. The van der Waals surface area contributed by atoms with Crippen LogP contribution < -0.4 is 5.32 Å². The second-order valence-electron chi connectivity index (χ2n) is 4.46. The molecule has 0 aliphatic carbocycles. The predicted molar refractivity (Wildman–Crippen MR) is 79.0 cm³/mol. The Morgan fingerprint density at radius 2 is 2.16 bits per heavy atom. The summed E-state index contributed by atoms with van der Waals surface area (Å²) in [7, 11) is 1.34. The summed E-state index contributed by atoms with van der Waals surface area (Å²) in [6, 6.07) is 1.74. The summed E-state index contributed by atoms with van der Waals surface area (Å²) < 4.78 is 4.68. The molecule has 0 saturated carbocycles. The number of ether oxygens (including phenoxy) is 1. The molecule has 0 radical (unpaired) electrons. The normalized spacial score (nSPS) is 16.1. The first-order chi connectivity index (χ1) is 9.20. The summed E-state index contributed by atoms with van der Waals surface area (Å²) in [6.45, 7) is 0. The molecule has 0 atom stereocenters. The van der Waals surface area contributed by atoms with Crippen LogP contribution in [0.1, 0.15) is 28.9 Å². The Hall–Kier alpha value is -1.01. The van der Waals surface area contributed by atoms with Crippen molar-refractivity contribution in [2.45, 2.75) is 19.3 Å². The van der Waals surface area contributed by atoms with Crippen molar-refractivity contribution in [1.82, 2.24) is 0 Å². The van der Waals surface area contributed by atoms with E-state index in [9.17, 15) is 9.59 Å². The summed E-state index contributed by atoms with van der Waals surface area (Å²) in [5.74, 6) is 2.34. The molecule has 1 aliphatic rings. The minimum Gasteiger partial charge on any atom is -0.465 e. The number of carbonyl (C=O) groups excluding carboxylic acids is 2. The SMILES string of the molecule is COC(=O)c1sccc1NC(=O)CC1CCSCC1. The molecule has 1 saturated heterocycles. The van der Waals surface area contributed by atoms with Crippen LogP contribution in [-0.2, 0) is 9.53 Å². The standard InChI is InChI=1S/C13H17NO3S2/c1-17-13(16)12-10(4-7-19-12)14-11(15)8-9-2-5-18-6-3-9/h4,7,9H,2-3,5-6,8H2,1H3,(H,14,15). The van der Waals surface area contributed by atoms with Gasteiger partial charge in [-0.25, -0.2) is 4.79 Å². The van der Waals surface area contributed by atoms with Crippen molar-refractivity contribution < 1.29 is 14.3 Å². The maximum Gasteiger partial charge on any atom is 0.350 e. The lowest BCUT2D eigenvalue weighted by molar-refractivity contribution is -0.117. The Morgan fingerprint density at radius 1 is 1.42 bits per heavy atom. The Bertz CT molecular complexity index is 452. The van der Waals surface area contributed by atoms with Crippen molar-refractivity contribution in [1.29, 1.82) is 0 Å². The van der Waals surface area contributed by atoms with Crippen LogP contribution in [-0.4, -0.2) is 30.5 Å². The van der Waals surface area contributed by atoms with Gasteiger partial charge in [0.05, 0.1) is 12.8 Å². The molecule has 1 fully saturated rings. The molecule has 0 unspecified atom stereocenters. The van der Waals surface area contributed by atoms with E-state index in [2.05, 4.69) is 10.1 Å². The fourth-order valence-electron chi connectivity index (χ4n) is 2.07. The van der Waals surface area contributed by atoms with E-state index in [1.165, 1.54) is 18.4 Å². The van der Waals surface area contributed by atoms with Crippen LogP contribution in [0.2, 0.25) is 0 Å². The number of nitrogens with one attached hydrogen (secondary N) is 1. The summed E-state index contributed by atoms with van der Waals surface area (Å²) >= 11 is 3.23. The number of anilines is 1. The van der Waals surface area contributed by atoms with Gasteiger partial charge in [-0.2, -0.15) is 11.8 Å². The van der Waals surface area contributed by atoms with Gasteiger partial charge in [0.15, 0.2) is 0 Å². The molecule has 2 rings (SSSR count). The molecule has 2 heterocycles. The second kappa shape index (κ2) is 6.96. The highest BCUT2D eigenvalue weighted by molar-refractivity contribution is 7.99. The quantitative estimate of drug-likeness (QED) is 0.868. The maximum atomic E-state index is 12.0. The van der Waals surface area contributed by atoms with Crippen molar-refractivity contribution >= 4 is 40.7 Å². The van der Waals surface area contributed by atoms with Crippen LogP contribution in [0.15, 0.2) is 11.4 Å². The lowest BCUT2D eigenvalue weighted by Gasteiger charge is -2.20. The van der Waals surface area contributed by atoms with Crippen molar-refractivity contribution in [2.75, 3.05) is 23.9 Å². The smallest absolute Gasteiger partial charge is 0.350 e. The molecule has 1 aromatic heterocycles. The van der Waals surface area contributed by atoms with Crippen LogP contribution in [0.3, 0.4) is 0 Å². The van der Waals surface area contributed by atoms with Crippen LogP contribution in [0, 0.1) is 5.92 Å². The van der Waals surface area contributed by atoms with Gasteiger partial charge in [-0.05, 0) is 41.7 Å². The highest BCUT2D eigenvalue weighted by Gasteiger charge is 2.19. The third kappa shape index (κ3) is 3.98. The zero-order valence-corrected chi connectivity index (χ0v) is 12.4. The molecule has 0 bridgehead atoms.